The van der Waals surface area contributed by atoms with E-state index in [1.54, 1.807) is 0 Å². The zero-order valence-corrected chi connectivity index (χ0v) is 23.9. The van der Waals surface area contributed by atoms with Gasteiger partial charge in [0.15, 0.2) is 0 Å². The highest BCUT2D eigenvalue weighted by Gasteiger charge is 2.54. The van der Waals surface area contributed by atoms with Crippen LogP contribution in [0, 0.1) is 0 Å². The van der Waals surface area contributed by atoms with Crippen molar-refractivity contribution in [1.82, 2.24) is 0 Å². The minimum Gasteiger partial charge on any atom is -0.309 e. The normalized spacial score (nSPS) is 16.1. The second kappa shape index (κ2) is 8.36. The van der Waals surface area contributed by atoms with Gasteiger partial charge in [0.25, 0.3) is 0 Å². The molecule has 1 nitrogen and oxygen atoms in total. The van der Waals surface area contributed by atoms with Crippen LogP contribution in [0.1, 0.15) is 47.2 Å². The molecule has 198 valence electrons. The summed E-state index contributed by atoms with van der Waals surface area (Å²) in [5, 5.41) is 0. The number of anilines is 3. The summed E-state index contributed by atoms with van der Waals surface area (Å²) in [6.07, 6.45) is 0. The first kappa shape index (κ1) is 23.8. The smallest absolute Gasteiger partial charge is 0.242 e. The summed E-state index contributed by atoms with van der Waals surface area (Å²) >= 11 is 0. The van der Waals surface area contributed by atoms with E-state index in [4.69, 9.17) is 0 Å². The van der Waals surface area contributed by atoms with E-state index in [0.29, 0.717) is 0 Å². The molecule has 1 spiro atoms. The average Bonchev–Trinajstić information content (AvgIpc) is 3.04. The van der Waals surface area contributed by atoms with E-state index in [1.165, 1.54) is 66.8 Å². The highest BCUT2D eigenvalue weighted by atomic mass is 15.2. The van der Waals surface area contributed by atoms with Crippen molar-refractivity contribution >= 4 is 40.2 Å². The predicted molar refractivity (Wildman–Crippen MR) is 176 cm³/mol. The molecule has 42 heavy (non-hydrogen) atoms. The fraction of sp³-hybridized carbons (Fsp3) is 0.100. The van der Waals surface area contributed by atoms with Crippen LogP contribution in [0.25, 0.3) is 0 Å². The number of fused-ring (bicyclic) bond motifs is 10. The Hall–Kier alpha value is -4.82. The first-order valence-electron chi connectivity index (χ1n) is 15.0. The summed E-state index contributed by atoms with van der Waals surface area (Å²) in [4.78, 5) is 2.56. The quantitative estimate of drug-likeness (QED) is 0.199. The van der Waals surface area contributed by atoms with Gasteiger partial charge in [0, 0.05) is 5.41 Å². The molecule has 0 bridgehead atoms. The van der Waals surface area contributed by atoms with Gasteiger partial charge in [0.1, 0.15) is 0 Å². The van der Waals surface area contributed by atoms with Gasteiger partial charge >= 0.3 is 0 Å². The molecule has 0 radical (unpaired) electrons. The van der Waals surface area contributed by atoms with Crippen LogP contribution >= 0.6 is 0 Å². The molecular formula is C40H30BN. The molecule has 0 fully saturated rings. The molecule has 0 N–H and O–H groups in total. The van der Waals surface area contributed by atoms with Crippen LogP contribution in [0.3, 0.4) is 0 Å². The van der Waals surface area contributed by atoms with Crippen molar-refractivity contribution in [1.29, 1.82) is 0 Å². The van der Waals surface area contributed by atoms with Crippen molar-refractivity contribution in [2.75, 3.05) is 4.90 Å². The number of hydrogen-bond acceptors (Lipinski definition) is 1. The number of nitrogens with zero attached hydrogens (tertiary/aromatic N) is 1. The molecular weight excluding hydrogens is 505 g/mol. The van der Waals surface area contributed by atoms with E-state index in [-0.39, 0.29) is 12.1 Å². The molecule has 0 atom stereocenters. The Bertz CT molecular complexity index is 1970. The maximum Gasteiger partial charge on any atom is 0.242 e. The molecule has 3 aliphatic heterocycles. The van der Waals surface area contributed by atoms with Crippen molar-refractivity contribution in [3.63, 3.8) is 0 Å². The lowest BCUT2D eigenvalue weighted by Gasteiger charge is -2.53. The first-order chi connectivity index (χ1) is 20.6. The summed E-state index contributed by atoms with van der Waals surface area (Å²) < 4.78 is 0. The first-order valence-corrected chi connectivity index (χ1v) is 15.0. The maximum atomic E-state index is 2.56. The van der Waals surface area contributed by atoms with Crippen molar-refractivity contribution < 1.29 is 0 Å². The van der Waals surface area contributed by atoms with E-state index in [0.717, 1.165) is 0 Å². The van der Waals surface area contributed by atoms with Gasteiger partial charge in [0.2, 0.25) is 6.71 Å². The minimum atomic E-state index is -0.445. The Labute approximate surface area is 248 Å². The zero-order valence-electron chi connectivity index (χ0n) is 23.9. The fourth-order valence-corrected chi connectivity index (χ4v) is 8.51. The SMILES string of the molecule is CC1(C)c2ccccc2N2c3ccccc3C3(c4ccccc4B(c4ccccc4)c4ccccc43)c3cccc1c32. The number of benzene rings is 6. The summed E-state index contributed by atoms with van der Waals surface area (Å²) in [5.74, 6) is 0. The molecule has 6 aromatic carbocycles. The van der Waals surface area contributed by atoms with E-state index in [2.05, 4.69) is 164 Å². The Kier molecular flexibility index (Phi) is 4.75. The van der Waals surface area contributed by atoms with E-state index < -0.39 is 5.41 Å². The lowest BCUT2D eigenvalue weighted by Crippen LogP contribution is -2.62. The summed E-state index contributed by atoms with van der Waals surface area (Å²) in [5.41, 5.74) is 15.6. The molecule has 0 aromatic heterocycles. The van der Waals surface area contributed by atoms with Gasteiger partial charge < -0.3 is 4.90 Å². The molecule has 6 aromatic rings. The van der Waals surface area contributed by atoms with Crippen LogP contribution < -0.4 is 21.3 Å². The van der Waals surface area contributed by atoms with Crippen molar-refractivity contribution in [2.24, 2.45) is 0 Å². The third kappa shape index (κ3) is 2.80. The van der Waals surface area contributed by atoms with Gasteiger partial charge in [-0.05, 0) is 45.5 Å². The van der Waals surface area contributed by atoms with Crippen LogP contribution in [0.2, 0.25) is 0 Å². The molecule has 0 saturated heterocycles. The number of rotatable bonds is 1. The number of hydrogen-bond donors (Lipinski definition) is 0. The molecule has 3 aliphatic rings. The molecule has 9 rings (SSSR count). The molecule has 0 amide bonds. The lowest BCUT2D eigenvalue weighted by atomic mass is 9.30. The Morgan fingerprint density at radius 3 is 1.57 bits per heavy atom. The lowest BCUT2D eigenvalue weighted by molar-refractivity contribution is 0.620. The Morgan fingerprint density at radius 2 is 0.905 bits per heavy atom. The van der Waals surface area contributed by atoms with E-state index >= 15 is 0 Å². The van der Waals surface area contributed by atoms with Crippen LogP contribution in [0.15, 0.2) is 146 Å². The second-order valence-electron chi connectivity index (χ2n) is 12.5. The van der Waals surface area contributed by atoms with E-state index in [1.807, 2.05) is 0 Å². The summed E-state index contributed by atoms with van der Waals surface area (Å²) in [6.45, 7) is 4.95. The van der Waals surface area contributed by atoms with Crippen LogP contribution in [-0.4, -0.2) is 6.71 Å². The molecule has 0 unspecified atom stereocenters. The predicted octanol–water partition coefficient (Wildman–Crippen LogP) is 7.32. The Balaban J connectivity index is 1.47. The maximum absolute atomic E-state index is 2.56. The van der Waals surface area contributed by atoms with Crippen molar-refractivity contribution in [3.05, 3.63) is 179 Å². The van der Waals surface area contributed by atoms with Gasteiger partial charge in [0.05, 0.1) is 22.5 Å². The van der Waals surface area contributed by atoms with Gasteiger partial charge in [-0.25, -0.2) is 0 Å². The molecule has 0 saturated carbocycles. The molecule has 0 aliphatic carbocycles. The zero-order chi connectivity index (χ0) is 28.1. The average molecular weight is 535 g/mol. The second-order valence-corrected chi connectivity index (χ2v) is 12.5. The highest BCUT2D eigenvalue weighted by molar-refractivity contribution is 6.96. The Morgan fingerprint density at radius 1 is 0.429 bits per heavy atom. The van der Waals surface area contributed by atoms with Gasteiger partial charge in [-0.2, -0.15) is 0 Å². The monoisotopic (exact) mass is 535 g/mol. The molecule has 3 heterocycles. The third-order valence-electron chi connectivity index (χ3n) is 10.2. The standard InChI is InChI=1S/C40H30BN/c1-39(2)30-19-8-12-25-36(30)42-37-26-13-9-20-31(37)40(33-22-14-21-32(39)38(33)42)28-17-6-10-23-34(28)41(27-15-4-3-5-16-27)35-24-11-7-18-29(35)40/h3-26H,1-2H3. The highest BCUT2D eigenvalue weighted by Crippen LogP contribution is 2.63. The summed E-state index contributed by atoms with van der Waals surface area (Å²) in [6, 6.07) is 54.7. The van der Waals surface area contributed by atoms with Crippen LogP contribution in [-0.2, 0) is 10.8 Å². The third-order valence-corrected chi connectivity index (χ3v) is 10.2. The minimum absolute atomic E-state index is 0.133. The number of para-hydroxylation sites is 3. The summed E-state index contributed by atoms with van der Waals surface area (Å²) in [7, 11) is 0. The topological polar surface area (TPSA) is 3.24 Å². The van der Waals surface area contributed by atoms with Crippen LogP contribution in [0.5, 0.6) is 0 Å². The fourth-order valence-electron chi connectivity index (χ4n) is 8.51. The van der Waals surface area contributed by atoms with Crippen LogP contribution in [0.4, 0.5) is 17.1 Å². The molecule has 2 heteroatoms. The van der Waals surface area contributed by atoms with E-state index in [9.17, 15) is 0 Å². The van der Waals surface area contributed by atoms with Gasteiger partial charge in [-0.1, -0.05) is 164 Å². The van der Waals surface area contributed by atoms with Crippen molar-refractivity contribution in [3.8, 4) is 0 Å². The van der Waals surface area contributed by atoms with Gasteiger partial charge in [-0.3, -0.25) is 0 Å². The van der Waals surface area contributed by atoms with Crippen molar-refractivity contribution in [2.45, 2.75) is 24.7 Å². The largest absolute Gasteiger partial charge is 0.309 e. The van der Waals surface area contributed by atoms with Gasteiger partial charge in [-0.15, -0.1) is 0 Å².